The van der Waals surface area contributed by atoms with Gasteiger partial charge < -0.3 is 14.8 Å². The maximum atomic E-state index is 5.97. The lowest BCUT2D eigenvalue weighted by atomic mass is 9.88. The van der Waals surface area contributed by atoms with Crippen LogP contribution in [0.5, 0.6) is 5.75 Å². The molecule has 3 nitrogen and oxygen atoms in total. The number of rotatable bonds is 2. The van der Waals surface area contributed by atoms with Gasteiger partial charge in [-0.3, -0.25) is 0 Å². The van der Waals surface area contributed by atoms with E-state index in [2.05, 4.69) is 57.6 Å². The van der Waals surface area contributed by atoms with Gasteiger partial charge in [-0.15, -0.1) is 0 Å². The minimum Gasteiger partial charge on any atom is -0.464 e. The number of para-hydroxylation sites is 1. The molecule has 1 saturated heterocycles. The minimum atomic E-state index is -0.132. The molecule has 0 unspecified atom stereocenters. The second-order valence-corrected chi connectivity index (χ2v) is 6.39. The highest BCUT2D eigenvalue weighted by atomic mass is 79.9. The number of hydrogen-bond donors (Lipinski definition) is 1. The van der Waals surface area contributed by atoms with E-state index in [1.807, 2.05) is 12.1 Å². The molecule has 4 rings (SSSR count). The van der Waals surface area contributed by atoms with Gasteiger partial charge in [0.25, 0.3) is 0 Å². The standard InChI is InChI=1S/C17H16BrNO2/c18-11-5-7-12(8-6-11)19-16-13-3-1-2-4-15(13)21-17-14(16)9-10-20-17/h1-8,14,16-17,19H,9-10H2/t14-,16+,17+/m1/s1. The van der Waals surface area contributed by atoms with E-state index in [1.54, 1.807) is 0 Å². The summed E-state index contributed by atoms with van der Waals surface area (Å²) in [6.07, 6.45) is 0.889. The molecule has 2 aromatic rings. The molecule has 2 aliphatic rings. The van der Waals surface area contributed by atoms with Crippen molar-refractivity contribution in [2.75, 3.05) is 11.9 Å². The molecule has 21 heavy (non-hydrogen) atoms. The zero-order valence-corrected chi connectivity index (χ0v) is 13.0. The maximum absolute atomic E-state index is 5.97. The molecule has 0 spiro atoms. The molecule has 108 valence electrons. The van der Waals surface area contributed by atoms with Crippen LogP contribution in [0.25, 0.3) is 0 Å². The topological polar surface area (TPSA) is 30.5 Å². The summed E-state index contributed by atoms with van der Waals surface area (Å²) in [4.78, 5) is 0. The quantitative estimate of drug-likeness (QED) is 0.877. The van der Waals surface area contributed by atoms with Crippen LogP contribution in [0, 0.1) is 5.92 Å². The molecule has 0 saturated carbocycles. The number of halogens is 1. The van der Waals surface area contributed by atoms with Crippen molar-refractivity contribution >= 4 is 21.6 Å². The number of nitrogens with one attached hydrogen (secondary N) is 1. The van der Waals surface area contributed by atoms with Gasteiger partial charge in [0, 0.05) is 21.6 Å². The second-order valence-electron chi connectivity index (χ2n) is 5.48. The highest BCUT2D eigenvalue weighted by Crippen LogP contribution is 2.44. The van der Waals surface area contributed by atoms with Gasteiger partial charge in [-0.2, -0.15) is 0 Å². The van der Waals surface area contributed by atoms with Gasteiger partial charge in [0.15, 0.2) is 0 Å². The normalized spacial score (nSPS) is 26.6. The lowest BCUT2D eigenvalue weighted by Gasteiger charge is -2.35. The van der Waals surface area contributed by atoms with Gasteiger partial charge >= 0.3 is 0 Å². The predicted molar refractivity (Wildman–Crippen MR) is 85.4 cm³/mol. The SMILES string of the molecule is Brc1ccc(N[C@H]2c3ccccc3O[C@@H]3OCC[C@@H]32)cc1. The van der Waals surface area contributed by atoms with Crippen LogP contribution >= 0.6 is 15.9 Å². The van der Waals surface area contributed by atoms with Gasteiger partial charge in [-0.1, -0.05) is 34.1 Å². The van der Waals surface area contributed by atoms with Gasteiger partial charge in [0.1, 0.15) is 5.75 Å². The Hall–Kier alpha value is -1.52. The molecule has 2 aromatic carbocycles. The third-order valence-corrected chi connectivity index (χ3v) is 4.70. The Morgan fingerprint density at radius 3 is 2.71 bits per heavy atom. The smallest absolute Gasteiger partial charge is 0.205 e. The number of fused-ring (bicyclic) bond motifs is 2. The first-order chi connectivity index (χ1) is 10.3. The Morgan fingerprint density at radius 1 is 1.05 bits per heavy atom. The molecule has 0 radical (unpaired) electrons. The van der Waals surface area contributed by atoms with Crippen molar-refractivity contribution in [3.63, 3.8) is 0 Å². The lowest BCUT2D eigenvalue weighted by Crippen LogP contribution is -2.36. The van der Waals surface area contributed by atoms with Gasteiger partial charge in [-0.25, -0.2) is 0 Å². The summed E-state index contributed by atoms with van der Waals surface area (Å²) in [5.41, 5.74) is 2.33. The van der Waals surface area contributed by atoms with Crippen LogP contribution in [0.4, 0.5) is 5.69 Å². The van der Waals surface area contributed by atoms with E-state index in [0.717, 1.165) is 28.9 Å². The van der Waals surface area contributed by atoms with E-state index < -0.39 is 0 Å². The first-order valence-corrected chi connectivity index (χ1v) is 8.00. The van der Waals surface area contributed by atoms with E-state index in [4.69, 9.17) is 9.47 Å². The van der Waals surface area contributed by atoms with Crippen LogP contribution in [0.15, 0.2) is 53.0 Å². The Balaban J connectivity index is 1.69. The maximum Gasteiger partial charge on any atom is 0.205 e. The first-order valence-electron chi connectivity index (χ1n) is 7.20. The van der Waals surface area contributed by atoms with Crippen molar-refractivity contribution in [3.8, 4) is 5.75 Å². The van der Waals surface area contributed by atoms with Gasteiger partial charge in [-0.05, 0) is 36.8 Å². The monoisotopic (exact) mass is 345 g/mol. The summed E-state index contributed by atoms with van der Waals surface area (Å²) in [6.45, 7) is 0.766. The summed E-state index contributed by atoms with van der Waals surface area (Å²) in [6, 6.07) is 16.7. The molecule has 2 heterocycles. The zero-order chi connectivity index (χ0) is 14.2. The third-order valence-electron chi connectivity index (χ3n) is 4.17. The van der Waals surface area contributed by atoms with Crippen LogP contribution < -0.4 is 10.1 Å². The number of ether oxygens (including phenoxy) is 2. The lowest BCUT2D eigenvalue weighted by molar-refractivity contribution is -0.0747. The van der Waals surface area contributed by atoms with Gasteiger partial charge in [0.2, 0.25) is 6.29 Å². The molecule has 0 aliphatic carbocycles. The molecule has 0 aromatic heterocycles. The van der Waals surface area contributed by atoms with E-state index in [-0.39, 0.29) is 12.3 Å². The third kappa shape index (κ3) is 2.43. The van der Waals surface area contributed by atoms with Crippen LogP contribution in [-0.4, -0.2) is 12.9 Å². The number of anilines is 1. The Bertz CT molecular complexity index is 643. The summed E-state index contributed by atoms with van der Waals surface area (Å²) >= 11 is 3.47. The summed E-state index contributed by atoms with van der Waals surface area (Å²) in [5, 5.41) is 3.65. The molecule has 1 fully saturated rings. The average molecular weight is 346 g/mol. The summed E-state index contributed by atoms with van der Waals surface area (Å²) in [7, 11) is 0. The van der Waals surface area contributed by atoms with E-state index in [1.165, 1.54) is 5.56 Å². The van der Waals surface area contributed by atoms with Crippen molar-refractivity contribution in [2.45, 2.75) is 18.8 Å². The predicted octanol–water partition coefficient (Wildman–Crippen LogP) is 4.36. The Morgan fingerprint density at radius 2 is 1.86 bits per heavy atom. The fourth-order valence-corrected chi connectivity index (χ4v) is 3.40. The van der Waals surface area contributed by atoms with E-state index in [0.29, 0.717) is 5.92 Å². The van der Waals surface area contributed by atoms with Crippen molar-refractivity contribution in [3.05, 3.63) is 58.6 Å². The fraction of sp³-hybridized carbons (Fsp3) is 0.294. The van der Waals surface area contributed by atoms with E-state index >= 15 is 0 Å². The van der Waals surface area contributed by atoms with Crippen molar-refractivity contribution in [2.24, 2.45) is 5.92 Å². The summed E-state index contributed by atoms with van der Waals surface area (Å²) < 4.78 is 12.8. The molecule has 0 amide bonds. The van der Waals surface area contributed by atoms with Crippen molar-refractivity contribution < 1.29 is 9.47 Å². The minimum absolute atomic E-state index is 0.132. The second kappa shape index (κ2) is 5.35. The Labute approximate surface area is 132 Å². The average Bonchev–Trinajstić information content (AvgIpc) is 2.97. The van der Waals surface area contributed by atoms with Crippen LogP contribution in [0.2, 0.25) is 0 Å². The summed E-state index contributed by atoms with van der Waals surface area (Å²) in [5.74, 6) is 1.28. The molecule has 4 heteroatoms. The molecular weight excluding hydrogens is 330 g/mol. The molecular formula is C17H16BrNO2. The zero-order valence-electron chi connectivity index (χ0n) is 11.5. The van der Waals surface area contributed by atoms with Crippen LogP contribution in [0.1, 0.15) is 18.0 Å². The van der Waals surface area contributed by atoms with Crippen molar-refractivity contribution in [1.82, 2.24) is 0 Å². The largest absolute Gasteiger partial charge is 0.464 e. The van der Waals surface area contributed by atoms with E-state index in [9.17, 15) is 0 Å². The highest BCUT2D eigenvalue weighted by molar-refractivity contribution is 9.10. The highest BCUT2D eigenvalue weighted by Gasteiger charge is 2.42. The van der Waals surface area contributed by atoms with Crippen LogP contribution in [-0.2, 0) is 4.74 Å². The number of benzene rings is 2. The number of hydrogen-bond acceptors (Lipinski definition) is 3. The molecule has 3 atom stereocenters. The first kappa shape index (κ1) is 13.2. The molecule has 0 bridgehead atoms. The molecule has 1 N–H and O–H groups in total. The fourth-order valence-electron chi connectivity index (χ4n) is 3.14. The van der Waals surface area contributed by atoms with Crippen LogP contribution in [0.3, 0.4) is 0 Å². The Kier molecular flexibility index (Phi) is 3.36. The molecule has 2 aliphatic heterocycles. The van der Waals surface area contributed by atoms with Crippen molar-refractivity contribution in [1.29, 1.82) is 0 Å². The van der Waals surface area contributed by atoms with Gasteiger partial charge in [0.05, 0.1) is 12.6 Å².